The summed E-state index contributed by atoms with van der Waals surface area (Å²) >= 11 is 0. The van der Waals surface area contributed by atoms with Gasteiger partial charge in [-0.05, 0) is 12.0 Å². The van der Waals surface area contributed by atoms with E-state index in [1.165, 1.54) is 0 Å². The highest BCUT2D eigenvalue weighted by molar-refractivity contribution is 8.76. The first kappa shape index (κ1) is 40.4. The van der Waals surface area contributed by atoms with E-state index < -0.39 is 0 Å². The van der Waals surface area contributed by atoms with E-state index in [2.05, 4.69) is 30.7 Å². The third kappa shape index (κ3) is 22.8. The van der Waals surface area contributed by atoms with Gasteiger partial charge in [-0.15, -0.1) is 0 Å². The summed E-state index contributed by atoms with van der Waals surface area (Å²) in [5.41, 5.74) is 24.1. The zero-order valence-corrected chi connectivity index (χ0v) is 28.1. The van der Waals surface area contributed by atoms with E-state index in [9.17, 15) is 9.59 Å². The molecule has 0 aliphatic rings. The van der Waals surface area contributed by atoms with Gasteiger partial charge < -0.3 is 43.6 Å². The highest BCUT2D eigenvalue weighted by Crippen LogP contribution is 2.21. The summed E-state index contributed by atoms with van der Waals surface area (Å²) in [6, 6.07) is 9.50. The smallest absolute Gasteiger partial charge is 0.314 e. The minimum atomic E-state index is -0.174. The van der Waals surface area contributed by atoms with E-state index in [0.717, 1.165) is 89.1 Å². The number of carbonyl (C=O) groups is 2. The second kappa shape index (κ2) is 28.8. The minimum absolute atomic E-state index is 0.170. The topological polar surface area (TPSA) is 193 Å². The predicted octanol–water partition coefficient (Wildman–Crippen LogP) is -0.521. The van der Waals surface area contributed by atoms with Gasteiger partial charge in [-0.3, -0.25) is 19.5 Å². The molecule has 15 heteroatoms. The minimum Gasteiger partial charge on any atom is -0.461 e. The monoisotopic (exact) mass is 658 g/mol. The van der Waals surface area contributed by atoms with Crippen LogP contribution >= 0.6 is 21.6 Å². The fourth-order valence-corrected chi connectivity index (χ4v) is 6.21. The summed E-state index contributed by atoms with van der Waals surface area (Å²) in [5.74, 6) is 1.47. The standard InChI is InChI=1S/C29H58N10O3S2/c30-8-12-34-13-19-39(26-38(17-10-32)18-11-33)22-21-37(16-9-31)20-14-35-29(41)36-15-24-44-43-23-4-7-28(40)42-25-27-5-2-1-3-6-27/h1-3,5-6,34H,4,7-26,30-33H2,(H2,35,36,41). The maximum absolute atomic E-state index is 12.3. The van der Waals surface area contributed by atoms with Gasteiger partial charge >= 0.3 is 12.0 Å². The van der Waals surface area contributed by atoms with Crippen molar-refractivity contribution in [1.29, 1.82) is 0 Å². The summed E-state index contributed by atoms with van der Waals surface area (Å²) in [6.07, 6.45) is 1.17. The molecule has 1 aromatic carbocycles. The molecule has 0 fully saturated rings. The Hall–Kier alpha value is -1.66. The van der Waals surface area contributed by atoms with Crippen molar-refractivity contribution in [2.45, 2.75) is 19.4 Å². The van der Waals surface area contributed by atoms with Crippen molar-refractivity contribution in [1.82, 2.24) is 30.7 Å². The first-order valence-electron chi connectivity index (χ1n) is 15.7. The number of hydrogen-bond acceptors (Lipinski definition) is 13. The zero-order valence-electron chi connectivity index (χ0n) is 26.4. The van der Waals surface area contributed by atoms with Crippen molar-refractivity contribution in [3.05, 3.63) is 35.9 Å². The lowest BCUT2D eigenvalue weighted by Crippen LogP contribution is -2.48. The predicted molar refractivity (Wildman–Crippen MR) is 185 cm³/mol. The third-order valence-corrected chi connectivity index (χ3v) is 9.01. The van der Waals surface area contributed by atoms with E-state index in [4.69, 9.17) is 27.7 Å². The first-order chi connectivity index (χ1) is 21.5. The zero-order chi connectivity index (χ0) is 32.1. The molecule has 44 heavy (non-hydrogen) atoms. The van der Waals surface area contributed by atoms with Gasteiger partial charge in [0.05, 0.1) is 6.67 Å². The fraction of sp³-hybridized carbons (Fsp3) is 0.724. The molecular weight excluding hydrogens is 601 g/mol. The third-order valence-electron chi connectivity index (χ3n) is 6.51. The Kier molecular flexibility index (Phi) is 26.4. The molecule has 11 N–H and O–H groups in total. The van der Waals surface area contributed by atoms with E-state index in [0.29, 0.717) is 52.3 Å². The Labute approximate surface area is 272 Å². The van der Waals surface area contributed by atoms with Crippen LogP contribution in [0.4, 0.5) is 4.79 Å². The van der Waals surface area contributed by atoms with Gasteiger partial charge in [0.2, 0.25) is 0 Å². The van der Waals surface area contributed by atoms with Gasteiger partial charge in [0.1, 0.15) is 6.61 Å². The van der Waals surface area contributed by atoms with Crippen LogP contribution < -0.4 is 38.9 Å². The van der Waals surface area contributed by atoms with Gasteiger partial charge in [-0.25, -0.2) is 4.79 Å². The normalized spacial score (nSPS) is 11.4. The lowest BCUT2D eigenvalue weighted by molar-refractivity contribution is -0.144. The van der Waals surface area contributed by atoms with E-state index in [-0.39, 0.29) is 12.0 Å². The second-order valence-corrected chi connectivity index (χ2v) is 12.9. The number of esters is 1. The molecule has 13 nitrogen and oxygen atoms in total. The highest BCUT2D eigenvalue weighted by Gasteiger charge is 2.13. The Morgan fingerprint density at radius 1 is 0.682 bits per heavy atom. The summed E-state index contributed by atoms with van der Waals surface area (Å²) in [6.45, 7) is 11.9. The lowest BCUT2D eigenvalue weighted by Gasteiger charge is -2.32. The number of amides is 2. The average molecular weight is 659 g/mol. The molecule has 0 atom stereocenters. The number of urea groups is 1. The summed E-state index contributed by atoms with van der Waals surface area (Å²) < 4.78 is 5.30. The quantitative estimate of drug-likeness (QED) is 0.0252. The van der Waals surface area contributed by atoms with Crippen molar-refractivity contribution in [2.24, 2.45) is 22.9 Å². The van der Waals surface area contributed by atoms with Gasteiger partial charge in [0.15, 0.2) is 0 Å². The number of hydrogen-bond donors (Lipinski definition) is 7. The van der Waals surface area contributed by atoms with E-state index in [1.54, 1.807) is 21.6 Å². The highest BCUT2D eigenvalue weighted by atomic mass is 33.1. The van der Waals surface area contributed by atoms with Crippen LogP contribution in [0, 0.1) is 0 Å². The van der Waals surface area contributed by atoms with Gasteiger partial charge in [0, 0.05) is 116 Å². The molecule has 0 aromatic heterocycles. The molecule has 254 valence electrons. The molecule has 0 aliphatic heterocycles. The van der Waals surface area contributed by atoms with Gasteiger partial charge in [-0.2, -0.15) is 0 Å². The molecule has 1 rings (SSSR count). The lowest BCUT2D eigenvalue weighted by atomic mass is 10.2. The molecule has 2 amide bonds. The van der Waals surface area contributed by atoms with E-state index in [1.807, 2.05) is 30.3 Å². The number of nitrogens with two attached hydrogens (primary N) is 4. The van der Waals surface area contributed by atoms with Crippen LogP contribution in [0.1, 0.15) is 18.4 Å². The maximum Gasteiger partial charge on any atom is 0.314 e. The molecule has 1 aromatic rings. The number of ether oxygens (including phenoxy) is 1. The number of carbonyl (C=O) groups excluding carboxylic acids is 2. The number of benzene rings is 1. The largest absolute Gasteiger partial charge is 0.461 e. The SMILES string of the molecule is NCCNCCN(CCN(CCN)CCNC(=O)NCCSSCCCC(=O)OCc1ccccc1)CN(CCN)CCN. The van der Waals surface area contributed by atoms with Crippen molar-refractivity contribution in [2.75, 3.05) is 116 Å². The van der Waals surface area contributed by atoms with Crippen LogP contribution in [0.3, 0.4) is 0 Å². The summed E-state index contributed by atoms with van der Waals surface area (Å²) in [7, 11) is 3.39. The van der Waals surface area contributed by atoms with Crippen molar-refractivity contribution in [3.63, 3.8) is 0 Å². The summed E-state index contributed by atoms with van der Waals surface area (Å²) in [5, 5.41) is 9.22. The van der Waals surface area contributed by atoms with Gasteiger partial charge in [0.25, 0.3) is 0 Å². The molecular formula is C29H58N10O3S2. The fourth-order valence-electron chi connectivity index (χ4n) is 4.22. The number of rotatable bonds is 29. The van der Waals surface area contributed by atoms with Crippen molar-refractivity contribution < 1.29 is 14.3 Å². The Balaban J connectivity index is 2.20. The Bertz CT molecular complexity index is 826. The molecule has 0 radical (unpaired) electrons. The molecule has 0 saturated heterocycles. The Morgan fingerprint density at radius 3 is 2.00 bits per heavy atom. The maximum atomic E-state index is 12.3. The second-order valence-electron chi connectivity index (χ2n) is 10.2. The molecule has 0 spiro atoms. The van der Waals surface area contributed by atoms with Crippen LogP contribution in [0.15, 0.2) is 30.3 Å². The molecule has 0 bridgehead atoms. The molecule has 0 aliphatic carbocycles. The van der Waals surface area contributed by atoms with Crippen LogP contribution in [-0.4, -0.2) is 143 Å². The molecule has 0 unspecified atom stereocenters. The number of nitrogens with one attached hydrogen (secondary N) is 3. The van der Waals surface area contributed by atoms with Gasteiger partial charge in [-0.1, -0.05) is 51.9 Å². The van der Waals surface area contributed by atoms with Crippen molar-refractivity contribution >= 4 is 33.6 Å². The van der Waals surface area contributed by atoms with Crippen LogP contribution in [0.25, 0.3) is 0 Å². The van der Waals surface area contributed by atoms with Crippen LogP contribution in [-0.2, 0) is 16.1 Å². The first-order valence-corrected chi connectivity index (χ1v) is 18.1. The molecule has 0 heterocycles. The Morgan fingerprint density at radius 2 is 1.30 bits per heavy atom. The van der Waals surface area contributed by atoms with Crippen molar-refractivity contribution in [3.8, 4) is 0 Å². The number of nitrogens with zero attached hydrogens (tertiary/aromatic N) is 3. The molecule has 0 saturated carbocycles. The average Bonchev–Trinajstić information content (AvgIpc) is 3.02. The van der Waals surface area contributed by atoms with Crippen LogP contribution in [0.2, 0.25) is 0 Å². The van der Waals surface area contributed by atoms with Crippen LogP contribution in [0.5, 0.6) is 0 Å². The van der Waals surface area contributed by atoms with E-state index >= 15 is 0 Å². The summed E-state index contributed by atoms with van der Waals surface area (Å²) in [4.78, 5) is 31.1.